The van der Waals surface area contributed by atoms with Gasteiger partial charge in [-0.15, -0.1) is 0 Å². The second-order valence-electron chi connectivity index (χ2n) is 5.51. The summed E-state index contributed by atoms with van der Waals surface area (Å²) in [6, 6.07) is 4.94. The van der Waals surface area contributed by atoms with Gasteiger partial charge in [0.15, 0.2) is 0 Å². The highest BCUT2D eigenvalue weighted by atomic mass is 35.5. The highest BCUT2D eigenvalue weighted by Crippen LogP contribution is 2.26. The molecule has 1 aromatic rings. The fraction of sp³-hybridized carbons (Fsp3) is 0.533. The van der Waals surface area contributed by atoms with E-state index in [1.54, 1.807) is 12.1 Å². The number of rotatable bonds is 3. The largest absolute Gasteiger partial charge is 0.393 e. The zero-order valence-corrected chi connectivity index (χ0v) is 13.4. The fourth-order valence-electron chi connectivity index (χ4n) is 2.57. The Hall–Kier alpha value is -0.970. The topological polar surface area (TPSA) is 61.4 Å². The summed E-state index contributed by atoms with van der Waals surface area (Å²) in [6.45, 7) is 1.87. The fourth-order valence-corrected chi connectivity index (χ4v) is 3.15. The number of hydrogen-bond donors (Lipinski definition) is 3. The molecule has 0 aliphatic heterocycles. The molecule has 21 heavy (non-hydrogen) atoms. The van der Waals surface area contributed by atoms with Gasteiger partial charge < -0.3 is 15.7 Å². The first kappa shape index (κ1) is 16.4. The van der Waals surface area contributed by atoms with Crippen LogP contribution in [0, 0.1) is 0 Å². The molecule has 1 aliphatic rings. The molecule has 3 N–H and O–H groups in total. The second kappa shape index (κ2) is 7.34. The Morgan fingerprint density at radius 3 is 2.57 bits per heavy atom. The first-order valence-corrected chi connectivity index (χ1v) is 7.91. The van der Waals surface area contributed by atoms with E-state index in [4.69, 9.17) is 23.2 Å². The number of nitrogens with one attached hydrogen (secondary N) is 2. The molecule has 6 heteroatoms. The molecule has 1 aliphatic carbocycles. The summed E-state index contributed by atoms with van der Waals surface area (Å²) >= 11 is 12.0. The minimum absolute atomic E-state index is 0.126. The average Bonchev–Trinajstić information content (AvgIpc) is 2.41. The van der Waals surface area contributed by atoms with Crippen molar-refractivity contribution in [3.63, 3.8) is 0 Å². The highest BCUT2D eigenvalue weighted by molar-refractivity contribution is 6.35. The van der Waals surface area contributed by atoms with Gasteiger partial charge in [0.25, 0.3) is 0 Å². The minimum Gasteiger partial charge on any atom is -0.393 e. The van der Waals surface area contributed by atoms with E-state index in [0.717, 1.165) is 31.2 Å². The van der Waals surface area contributed by atoms with E-state index in [2.05, 4.69) is 10.6 Å². The normalized spacial score (nSPS) is 23.4. The van der Waals surface area contributed by atoms with Crippen LogP contribution in [0.2, 0.25) is 10.0 Å². The van der Waals surface area contributed by atoms with Gasteiger partial charge in [0.05, 0.1) is 12.1 Å². The Morgan fingerprint density at radius 2 is 1.95 bits per heavy atom. The number of carbonyl (C=O) groups is 1. The maximum Gasteiger partial charge on any atom is 0.315 e. The summed E-state index contributed by atoms with van der Waals surface area (Å²) in [7, 11) is 0. The van der Waals surface area contributed by atoms with E-state index >= 15 is 0 Å². The van der Waals surface area contributed by atoms with Crippen molar-refractivity contribution in [2.75, 3.05) is 0 Å². The predicted molar refractivity (Wildman–Crippen MR) is 84.8 cm³/mol. The Bertz CT molecular complexity index is 502. The molecule has 1 atom stereocenters. The molecular weight excluding hydrogens is 311 g/mol. The standard InChI is InChI=1S/C15H20Cl2N2O2/c1-9(13-7-2-10(16)8-14(13)17)18-15(21)19-11-3-5-12(20)6-4-11/h2,7-9,11-12,20H,3-6H2,1H3,(H2,18,19,21). The van der Waals surface area contributed by atoms with Crippen LogP contribution < -0.4 is 10.6 Å². The summed E-state index contributed by atoms with van der Waals surface area (Å²) in [5.74, 6) is 0. The van der Waals surface area contributed by atoms with Gasteiger partial charge >= 0.3 is 6.03 Å². The van der Waals surface area contributed by atoms with Crippen molar-refractivity contribution in [2.24, 2.45) is 0 Å². The molecule has 2 amide bonds. The van der Waals surface area contributed by atoms with Crippen LogP contribution in [0.25, 0.3) is 0 Å². The van der Waals surface area contributed by atoms with Crippen molar-refractivity contribution in [3.8, 4) is 0 Å². The van der Waals surface area contributed by atoms with Crippen molar-refractivity contribution in [3.05, 3.63) is 33.8 Å². The summed E-state index contributed by atoms with van der Waals surface area (Å²) in [6.07, 6.45) is 2.88. The average molecular weight is 331 g/mol. The molecule has 0 heterocycles. The molecule has 4 nitrogen and oxygen atoms in total. The number of aliphatic hydroxyl groups is 1. The maximum atomic E-state index is 12.0. The Labute approximate surface area is 134 Å². The molecule has 0 bridgehead atoms. The lowest BCUT2D eigenvalue weighted by Gasteiger charge is -2.27. The molecule has 1 aromatic carbocycles. The molecule has 0 spiro atoms. The Kier molecular flexibility index (Phi) is 5.73. The first-order chi connectivity index (χ1) is 9.95. The van der Waals surface area contributed by atoms with Gasteiger partial charge in [-0.3, -0.25) is 0 Å². The van der Waals surface area contributed by atoms with Crippen LogP contribution in [-0.4, -0.2) is 23.3 Å². The van der Waals surface area contributed by atoms with Crippen LogP contribution >= 0.6 is 23.2 Å². The van der Waals surface area contributed by atoms with Gasteiger partial charge in [-0.1, -0.05) is 29.3 Å². The summed E-state index contributed by atoms with van der Waals surface area (Å²) in [5.41, 5.74) is 0.829. The van der Waals surface area contributed by atoms with Crippen LogP contribution in [0.3, 0.4) is 0 Å². The number of benzene rings is 1. The quantitative estimate of drug-likeness (QED) is 0.792. The molecule has 1 saturated carbocycles. The molecule has 116 valence electrons. The molecule has 0 radical (unpaired) electrons. The number of aliphatic hydroxyl groups excluding tert-OH is 1. The van der Waals surface area contributed by atoms with Gasteiger partial charge in [-0.25, -0.2) is 4.79 Å². The van der Waals surface area contributed by atoms with Crippen LogP contribution in [0.1, 0.15) is 44.2 Å². The third kappa shape index (κ3) is 4.77. The van der Waals surface area contributed by atoms with Crippen molar-refractivity contribution in [2.45, 2.75) is 50.8 Å². The molecule has 0 aromatic heterocycles. The van der Waals surface area contributed by atoms with E-state index < -0.39 is 0 Å². The van der Waals surface area contributed by atoms with Crippen molar-refractivity contribution >= 4 is 29.2 Å². The van der Waals surface area contributed by atoms with E-state index in [1.165, 1.54) is 0 Å². The maximum absolute atomic E-state index is 12.0. The van der Waals surface area contributed by atoms with Crippen LogP contribution in [0.15, 0.2) is 18.2 Å². The van der Waals surface area contributed by atoms with Crippen LogP contribution in [0.5, 0.6) is 0 Å². The van der Waals surface area contributed by atoms with Gasteiger partial charge in [-0.2, -0.15) is 0 Å². The second-order valence-corrected chi connectivity index (χ2v) is 6.35. The number of urea groups is 1. The lowest BCUT2D eigenvalue weighted by molar-refractivity contribution is 0.117. The zero-order chi connectivity index (χ0) is 15.4. The monoisotopic (exact) mass is 330 g/mol. The molecule has 1 unspecified atom stereocenters. The predicted octanol–water partition coefficient (Wildman–Crippen LogP) is 3.66. The number of halogens is 2. The van der Waals surface area contributed by atoms with Crippen LogP contribution in [-0.2, 0) is 0 Å². The van der Waals surface area contributed by atoms with Crippen molar-refractivity contribution in [1.82, 2.24) is 10.6 Å². The number of amides is 2. The van der Waals surface area contributed by atoms with E-state index in [0.29, 0.717) is 10.0 Å². The van der Waals surface area contributed by atoms with E-state index in [9.17, 15) is 9.90 Å². The lowest BCUT2D eigenvalue weighted by Crippen LogP contribution is -2.44. The van der Waals surface area contributed by atoms with Crippen molar-refractivity contribution < 1.29 is 9.90 Å². The van der Waals surface area contributed by atoms with Gasteiger partial charge in [-0.05, 0) is 50.3 Å². The zero-order valence-electron chi connectivity index (χ0n) is 11.9. The summed E-state index contributed by atoms with van der Waals surface area (Å²) in [5, 5.41) is 16.4. The highest BCUT2D eigenvalue weighted by Gasteiger charge is 2.21. The first-order valence-electron chi connectivity index (χ1n) is 7.15. The van der Waals surface area contributed by atoms with E-state index in [-0.39, 0.29) is 24.2 Å². The smallest absolute Gasteiger partial charge is 0.315 e. The molecule has 0 saturated heterocycles. The van der Waals surface area contributed by atoms with Gasteiger partial charge in [0.1, 0.15) is 0 Å². The lowest BCUT2D eigenvalue weighted by atomic mass is 9.93. The molecule has 1 fully saturated rings. The van der Waals surface area contributed by atoms with E-state index in [1.807, 2.05) is 13.0 Å². The summed E-state index contributed by atoms with van der Waals surface area (Å²) < 4.78 is 0. The third-order valence-corrected chi connectivity index (χ3v) is 4.37. The number of carbonyl (C=O) groups excluding carboxylic acids is 1. The van der Waals surface area contributed by atoms with Crippen LogP contribution in [0.4, 0.5) is 4.79 Å². The number of hydrogen-bond acceptors (Lipinski definition) is 2. The molecular formula is C15H20Cl2N2O2. The summed E-state index contributed by atoms with van der Waals surface area (Å²) in [4.78, 5) is 12.0. The minimum atomic E-state index is -0.224. The Balaban J connectivity index is 1.87. The Morgan fingerprint density at radius 1 is 1.29 bits per heavy atom. The van der Waals surface area contributed by atoms with Gasteiger partial charge in [0, 0.05) is 16.1 Å². The SMILES string of the molecule is CC(NC(=O)NC1CCC(O)CC1)c1ccc(Cl)cc1Cl. The molecule has 2 rings (SSSR count). The van der Waals surface area contributed by atoms with Gasteiger partial charge in [0.2, 0.25) is 0 Å². The van der Waals surface area contributed by atoms with Crippen molar-refractivity contribution in [1.29, 1.82) is 0 Å². The third-order valence-electron chi connectivity index (χ3n) is 3.81.